The van der Waals surface area contributed by atoms with Crippen molar-refractivity contribution in [1.82, 2.24) is 5.32 Å². The highest BCUT2D eigenvalue weighted by atomic mass is 16.5. The second-order valence-electron chi connectivity index (χ2n) is 5.12. The number of carbonyl (C=O) groups is 1. The molecule has 2 aromatic carbocycles. The van der Waals surface area contributed by atoms with Crippen LogP contribution in [0.2, 0.25) is 0 Å². The van der Waals surface area contributed by atoms with E-state index in [0.29, 0.717) is 17.1 Å². The molecule has 1 atom stereocenters. The lowest BCUT2D eigenvalue weighted by molar-refractivity contribution is 0.0939. The number of methoxy groups -OCH3 is 2. The molecule has 1 amide bonds. The van der Waals surface area contributed by atoms with Crippen molar-refractivity contribution in [3.05, 3.63) is 59.2 Å². The summed E-state index contributed by atoms with van der Waals surface area (Å²) in [4.78, 5) is 12.4. The van der Waals surface area contributed by atoms with Crippen LogP contribution in [0, 0.1) is 6.92 Å². The van der Waals surface area contributed by atoms with Crippen molar-refractivity contribution < 1.29 is 14.3 Å². The van der Waals surface area contributed by atoms with Gasteiger partial charge in [-0.05, 0) is 43.2 Å². The summed E-state index contributed by atoms with van der Waals surface area (Å²) < 4.78 is 10.5. The third-order valence-electron chi connectivity index (χ3n) is 3.64. The molecule has 0 saturated carbocycles. The maximum atomic E-state index is 12.4. The van der Waals surface area contributed by atoms with E-state index < -0.39 is 0 Å². The number of aryl methyl sites for hydroxylation is 1. The monoisotopic (exact) mass is 299 g/mol. The number of benzene rings is 2. The van der Waals surface area contributed by atoms with E-state index in [-0.39, 0.29) is 11.9 Å². The summed E-state index contributed by atoms with van der Waals surface area (Å²) in [6.45, 7) is 3.87. The van der Waals surface area contributed by atoms with Gasteiger partial charge in [0.25, 0.3) is 5.91 Å². The Morgan fingerprint density at radius 2 is 1.73 bits per heavy atom. The summed E-state index contributed by atoms with van der Waals surface area (Å²) in [7, 11) is 3.19. The second kappa shape index (κ2) is 6.98. The van der Waals surface area contributed by atoms with Gasteiger partial charge >= 0.3 is 0 Å². The Balaban J connectivity index is 2.17. The first-order valence-electron chi connectivity index (χ1n) is 7.15. The number of nitrogens with one attached hydrogen (secondary N) is 1. The van der Waals surface area contributed by atoms with Crippen LogP contribution in [0.1, 0.15) is 34.5 Å². The number of ether oxygens (including phenoxy) is 2. The fourth-order valence-electron chi connectivity index (χ4n) is 2.31. The molecule has 4 heteroatoms. The fraction of sp³-hybridized carbons (Fsp3) is 0.278. The third kappa shape index (κ3) is 3.39. The van der Waals surface area contributed by atoms with Gasteiger partial charge in [-0.3, -0.25) is 4.79 Å². The van der Waals surface area contributed by atoms with Gasteiger partial charge in [0.1, 0.15) is 0 Å². The van der Waals surface area contributed by atoms with Gasteiger partial charge in [0.2, 0.25) is 0 Å². The van der Waals surface area contributed by atoms with Crippen molar-refractivity contribution in [2.24, 2.45) is 0 Å². The molecule has 0 fully saturated rings. The van der Waals surface area contributed by atoms with E-state index in [0.717, 1.165) is 11.1 Å². The van der Waals surface area contributed by atoms with E-state index in [9.17, 15) is 4.79 Å². The highest BCUT2D eigenvalue weighted by Crippen LogP contribution is 2.30. The summed E-state index contributed by atoms with van der Waals surface area (Å²) in [5, 5.41) is 3.01. The molecule has 116 valence electrons. The van der Waals surface area contributed by atoms with Crippen LogP contribution in [0.3, 0.4) is 0 Å². The molecule has 0 heterocycles. The normalized spacial score (nSPS) is 11.6. The van der Waals surface area contributed by atoms with Gasteiger partial charge in [-0.25, -0.2) is 0 Å². The summed E-state index contributed by atoms with van der Waals surface area (Å²) in [5.41, 5.74) is 2.61. The summed E-state index contributed by atoms with van der Waals surface area (Å²) >= 11 is 0. The van der Waals surface area contributed by atoms with Gasteiger partial charge in [-0.1, -0.05) is 24.3 Å². The molecular formula is C18H21NO3. The van der Waals surface area contributed by atoms with Gasteiger partial charge in [0.15, 0.2) is 11.5 Å². The number of carbonyl (C=O) groups excluding carboxylic acids is 1. The van der Waals surface area contributed by atoms with Gasteiger partial charge in [-0.2, -0.15) is 0 Å². The molecule has 0 unspecified atom stereocenters. The van der Waals surface area contributed by atoms with Crippen LogP contribution in [0.5, 0.6) is 11.5 Å². The van der Waals surface area contributed by atoms with E-state index in [4.69, 9.17) is 9.47 Å². The number of amides is 1. The molecule has 0 radical (unpaired) electrons. The molecule has 22 heavy (non-hydrogen) atoms. The van der Waals surface area contributed by atoms with Gasteiger partial charge < -0.3 is 14.8 Å². The lowest BCUT2D eigenvalue weighted by Gasteiger charge is -2.17. The summed E-state index contributed by atoms with van der Waals surface area (Å²) in [5.74, 6) is 1.24. The standard InChI is InChI=1S/C18H21NO3/c1-12-7-5-6-8-15(12)18(20)19-13(2)14-9-10-16(21-3)17(11-14)22-4/h5-11,13H,1-4H3,(H,19,20)/t13-/m0/s1. The molecule has 2 rings (SSSR count). The Morgan fingerprint density at radius 3 is 2.36 bits per heavy atom. The van der Waals surface area contributed by atoms with Crippen LogP contribution in [0.15, 0.2) is 42.5 Å². The molecule has 0 saturated heterocycles. The topological polar surface area (TPSA) is 47.6 Å². The largest absolute Gasteiger partial charge is 0.493 e. The maximum Gasteiger partial charge on any atom is 0.252 e. The Bertz CT molecular complexity index is 667. The average molecular weight is 299 g/mol. The molecule has 0 aliphatic heterocycles. The number of rotatable bonds is 5. The van der Waals surface area contributed by atoms with E-state index in [1.54, 1.807) is 14.2 Å². The highest BCUT2D eigenvalue weighted by molar-refractivity contribution is 5.95. The van der Waals surface area contributed by atoms with Crippen LogP contribution < -0.4 is 14.8 Å². The average Bonchev–Trinajstić information content (AvgIpc) is 2.54. The van der Waals surface area contributed by atoms with Gasteiger partial charge in [0, 0.05) is 5.56 Å². The van der Waals surface area contributed by atoms with Crippen molar-refractivity contribution in [1.29, 1.82) is 0 Å². The molecule has 0 aromatic heterocycles. The van der Waals surface area contributed by atoms with Gasteiger partial charge in [0.05, 0.1) is 20.3 Å². The summed E-state index contributed by atoms with van der Waals surface area (Å²) in [6, 6.07) is 13.0. The SMILES string of the molecule is COc1ccc([C@H](C)NC(=O)c2ccccc2C)cc1OC. The van der Waals surface area contributed by atoms with Gasteiger partial charge in [-0.15, -0.1) is 0 Å². The zero-order valence-electron chi connectivity index (χ0n) is 13.3. The Labute approximate surface area is 131 Å². The van der Waals surface area contributed by atoms with Crippen molar-refractivity contribution in [2.75, 3.05) is 14.2 Å². The van der Waals surface area contributed by atoms with Crippen molar-refractivity contribution in [3.8, 4) is 11.5 Å². The minimum Gasteiger partial charge on any atom is -0.493 e. The van der Waals surface area contributed by atoms with Crippen LogP contribution in [-0.2, 0) is 0 Å². The van der Waals surface area contributed by atoms with E-state index >= 15 is 0 Å². The number of hydrogen-bond donors (Lipinski definition) is 1. The van der Waals surface area contributed by atoms with Crippen LogP contribution in [0.4, 0.5) is 0 Å². The van der Waals surface area contributed by atoms with Crippen LogP contribution >= 0.6 is 0 Å². The second-order valence-corrected chi connectivity index (χ2v) is 5.12. The maximum absolute atomic E-state index is 12.4. The molecule has 0 spiro atoms. The lowest BCUT2D eigenvalue weighted by Crippen LogP contribution is -2.27. The van der Waals surface area contributed by atoms with Crippen molar-refractivity contribution >= 4 is 5.91 Å². The minimum absolute atomic E-state index is 0.0830. The van der Waals surface area contributed by atoms with E-state index in [1.807, 2.05) is 56.3 Å². The van der Waals surface area contributed by atoms with Crippen LogP contribution in [-0.4, -0.2) is 20.1 Å². The zero-order chi connectivity index (χ0) is 16.1. The molecular weight excluding hydrogens is 278 g/mol. The molecule has 0 aliphatic rings. The molecule has 4 nitrogen and oxygen atoms in total. The molecule has 0 aliphatic carbocycles. The number of hydrogen-bond acceptors (Lipinski definition) is 3. The predicted octanol–water partition coefficient (Wildman–Crippen LogP) is 3.50. The fourth-order valence-corrected chi connectivity index (χ4v) is 2.31. The molecule has 1 N–H and O–H groups in total. The zero-order valence-corrected chi connectivity index (χ0v) is 13.3. The van der Waals surface area contributed by atoms with Crippen molar-refractivity contribution in [3.63, 3.8) is 0 Å². The minimum atomic E-state index is -0.132. The first-order chi connectivity index (χ1) is 10.6. The molecule has 0 bridgehead atoms. The van der Waals surface area contributed by atoms with E-state index in [1.165, 1.54) is 0 Å². The highest BCUT2D eigenvalue weighted by Gasteiger charge is 2.14. The quantitative estimate of drug-likeness (QED) is 0.919. The molecule has 2 aromatic rings. The Morgan fingerprint density at radius 1 is 1.05 bits per heavy atom. The Hall–Kier alpha value is -2.49. The van der Waals surface area contributed by atoms with E-state index in [2.05, 4.69) is 5.32 Å². The first-order valence-corrected chi connectivity index (χ1v) is 7.15. The smallest absolute Gasteiger partial charge is 0.252 e. The lowest BCUT2D eigenvalue weighted by atomic mass is 10.1. The summed E-state index contributed by atoms with van der Waals surface area (Å²) in [6.07, 6.45) is 0. The third-order valence-corrected chi connectivity index (χ3v) is 3.64. The first kappa shape index (κ1) is 15.9. The van der Waals surface area contributed by atoms with Crippen LogP contribution in [0.25, 0.3) is 0 Å². The predicted molar refractivity (Wildman–Crippen MR) is 86.6 cm³/mol. The Kier molecular flexibility index (Phi) is 5.04. The van der Waals surface area contributed by atoms with Crippen molar-refractivity contribution in [2.45, 2.75) is 19.9 Å².